The van der Waals surface area contributed by atoms with Crippen LogP contribution in [0.3, 0.4) is 0 Å². The number of alkyl halides is 3. The Balaban J connectivity index is 1.82. The fourth-order valence-electron chi connectivity index (χ4n) is 3.76. The Morgan fingerprint density at radius 2 is 1.86 bits per heavy atom. The molecule has 0 saturated heterocycles. The zero-order chi connectivity index (χ0) is 26.2. The summed E-state index contributed by atoms with van der Waals surface area (Å²) in [6, 6.07) is 8.00. The molecule has 0 bridgehead atoms. The van der Waals surface area contributed by atoms with Crippen LogP contribution in [0.2, 0.25) is 5.02 Å². The minimum absolute atomic E-state index is 0.0121. The zero-order valence-electron chi connectivity index (χ0n) is 17.8. The second-order valence-corrected chi connectivity index (χ2v) is 8.04. The van der Waals surface area contributed by atoms with Crippen LogP contribution in [-0.2, 0) is 6.18 Å². The van der Waals surface area contributed by atoms with E-state index in [9.17, 15) is 31.5 Å². The van der Waals surface area contributed by atoms with E-state index in [2.05, 4.69) is 10.6 Å². The quantitative estimate of drug-likeness (QED) is 0.426. The van der Waals surface area contributed by atoms with Gasteiger partial charge in [-0.2, -0.15) is 18.4 Å². The average molecular weight is 522 g/mol. The number of nitriles is 1. The van der Waals surface area contributed by atoms with E-state index in [4.69, 9.17) is 21.6 Å². The van der Waals surface area contributed by atoms with Crippen LogP contribution in [-0.4, -0.2) is 18.4 Å². The summed E-state index contributed by atoms with van der Waals surface area (Å²) < 4.78 is 72.4. The number of amides is 2. The molecule has 1 atom stereocenters. The SMILES string of the molecule is N#CCOc1cc(NC(=O)c2cc(F)cc(C(F)(F)F)c2)c2c(c1)C(=O)NC2c1cc(F)ccc1Cl. The maximum atomic E-state index is 14.0. The number of benzene rings is 3. The number of nitrogens with zero attached hydrogens (tertiary/aromatic N) is 1. The normalized spacial score (nSPS) is 14.6. The van der Waals surface area contributed by atoms with Gasteiger partial charge in [0, 0.05) is 27.8 Å². The second kappa shape index (κ2) is 9.47. The third-order valence-corrected chi connectivity index (χ3v) is 5.61. The van der Waals surface area contributed by atoms with Crippen LogP contribution in [0.4, 0.5) is 27.6 Å². The van der Waals surface area contributed by atoms with Crippen molar-refractivity contribution in [3.05, 3.63) is 93.0 Å². The molecule has 1 unspecified atom stereocenters. The van der Waals surface area contributed by atoms with Crippen LogP contribution in [0.5, 0.6) is 5.75 Å². The van der Waals surface area contributed by atoms with Gasteiger partial charge in [-0.25, -0.2) is 8.78 Å². The lowest BCUT2D eigenvalue weighted by molar-refractivity contribution is -0.137. The number of rotatable bonds is 5. The molecule has 3 aromatic carbocycles. The van der Waals surface area contributed by atoms with Crippen LogP contribution >= 0.6 is 11.6 Å². The lowest BCUT2D eigenvalue weighted by atomic mass is 9.95. The molecule has 12 heteroatoms. The van der Waals surface area contributed by atoms with Crippen molar-refractivity contribution in [3.8, 4) is 11.8 Å². The first-order chi connectivity index (χ1) is 17.0. The molecule has 0 aromatic heterocycles. The fraction of sp³-hybridized carbons (Fsp3) is 0.125. The van der Waals surface area contributed by atoms with Crippen LogP contribution in [0.25, 0.3) is 0 Å². The molecule has 0 saturated carbocycles. The van der Waals surface area contributed by atoms with Crippen molar-refractivity contribution in [1.82, 2.24) is 5.32 Å². The minimum atomic E-state index is -4.90. The summed E-state index contributed by atoms with van der Waals surface area (Å²) in [5.74, 6) is -3.72. The highest BCUT2D eigenvalue weighted by Gasteiger charge is 2.36. The Morgan fingerprint density at radius 3 is 2.56 bits per heavy atom. The van der Waals surface area contributed by atoms with Crippen molar-refractivity contribution in [2.24, 2.45) is 0 Å². The van der Waals surface area contributed by atoms with Crippen LogP contribution in [0.15, 0.2) is 48.5 Å². The number of nitrogens with one attached hydrogen (secondary N) is 2. The zero-order valence-corrected chi connectivity index (χ0v) is 18.6. The molecule has 0 fully saturated rings. The molecule has 0 spiro atoms. The maximum absolute atomic E-state index is 14.0. The van der Waals surface area contributed by atoms with Crippen LogP contribution in [0.1, 0.15) is 43.4 Å². The lowest BCUT2D eigenvalue weighted by Crippen LogP contribution is -2.21. The summed E-state index contributed by atoms with van der Waals surface area (Å²) in [5, 5.41) is 13.9. The summed E-state index contributed by atoms with van der Waals surface area (Å²) in [4.78, 5) is 25.6. The number of halogens is 6. The highest BCUT2D eigenvalue weighted by Crippen LogP contribution is 2.41. The van der Waals surface area contributed by atoms with Crippen molar-refractivity contribution in [3.63, 3.8) is 0 Å². The highest BCUT2D eigenvalue weighted by molar-refractivity contribution is 6.31. The third kappa shape index (κ3) is 4.94. The Hall–Kier alpha value is -4.17. The fourth-order valence-corrected chi connectivity index (χ4v) is 3.98. The van der Waals surface area contributed by atoms with Crippen molar-refractivity contribution in [2.75, 3.05) is 11.9 Å². The van der Waals surface area contributed by atoms with Gasteiger partial charge >= 0.3 is 6.18 Å². The molecule has 4 rings (SSSR count). The monoisotopic (exact) mass is 521 g/mol. The Morgan fingerprint density at radius 1 is 1.11 bits per heavy atom. The first kappa shape index (κ1) is 24.9. The van der Waals surface area contributed by atoms with Gasteiger partial charge in [0.05, 0.1) is 22.9 Å². The predicted octanol–water partition coefficient (Wildman–Crippen LogP) is 5.62. The molecule has 0 radical (unpaired) electrons. The maximum Gasteiger partial charge on any atom is 0.416 e. The molecule has 2 amide bonds. The minimum Gasteiger partial charge on any atom is -0.479 e. The largest absolute Gasteiger partial charge is 0.479 e. The average Bonchev–Trinajstić information content (AvgIpc) is 3.14. The molecule has 3 aromatic rings. The summed E-state index contributed by atoms with van der Waals surface area (Å²) >= 11 is 6.21. The molecule has 1 aliphatic rings. The molecule has 36 heavy (non-hydrogen) atoms. The number of hydrogen-bond acceptors (Lipinski definition) is 4. The van der Waals surface area contributed by atoms with Crippen molar-refractivity contribution < 1.29 is 36.3 Å². The lowest BCUT2D eigenvalue weighted by Gasteiger charge is -2.19. The second-order valence-electron chi connectivity index (χ2n) is 7.63. The van der Waals surface area contributed by atoms with Gasteiger partial charge in [-0.1, -0.05) is 11.6 Å². The van der Waals surface area contributed by atoms with Crippen molar-refractivity contribution in [2.45, 2.75) is 12.2 Å². The van der Waals surface area contributed by atoms with Gasteiger partial charge < -0.3 is 15.4 Å². The summed E-state index contributed by atoms with van der Waals surface area (Å²) in [7, 11) is 0. The molecule has 0 aliphatic carbocycles. The van der Waals surface area contributed by atoms with E-state index in [0.29, 0.717) is 12.1 Å². The number of carbonyl (C=O) groups excluding carboxylic acids is 2. The summed E-state index contributed by atoms with van der Waals surface area (Å²) in [6.45, 7) is -0.411. The van der Waals surface area contributed by atoms with E-state index in [1.165, 1.54) is 18.2 Å². The van der Waals surface area contributed by atoms with Crippen molar-refractivity contribution in [1.29, 1.82) is 5.26 Å². The molecular weight excluding hydrogens is 509 g/mol. The van der Waals surface area contributed by atoms with Crippen LogP contribution < -0.4 is 15.4 Å². The Bertz CT molecular complexity index is 1440. The summed E-state index contributed by atoms with van der Waals surface area (Å²) in [6.07, 6.45) is -4.90. The number of carbonyl (C=O) groups is 2. The van der Waals surface area contributed by atoms with Gasteiger partial charge in [0.1, 0.15) is 23.5 Å². The smallest absolute Gasteiger partial charge is 0.416 e. The third-order valence-electron chi connectivity index (χ3n) is 5.27. The van der Waals surface area contributed by atoms with Crippen molar-refractivity contribution >= 4 is 29.1 Å². The van der Waals surface area contributed by atoms with Gasteiger partial charge in [-0.15, -0.1) is 0 Å². The molecule has 6 nitrogen and oxygen atoms in total. The standard InChI is InChI=1S/C24H13ClF5N3O3/c25-18-2-1-13(26)8-16(18)21-20-17(23(35)33-21)9-15(36-4-3-31)10-19(20)32-22(34)11-5-12(24(28,29)30)7-14(27)6-11/h1-2,5-10,21H,4H2,(H,32,34)(H,33,35). The number of ether oxygens (including phenoxy) is 1. The number of anilines is 1. The first-order valence-electron chi connectivity index (χ1n) is 10.1. The summed E-state index contributed by atoms with van der Waals surface area (Å²) in [5.41, 5.74) is -1.86. The predicted molar refractivity (Wildman–Crippen MR) is 118 cm³/mol. The number of fused-ring (bicyclic) bond motifs is 1. The van der Waals surface area contributed by atoms with Gasteiger partial charge in [-0.3, -0.25) is 9.59 Å². The van der Waals surface area contributed by atoms with Gasteiger partial charge in [-0.05, 0) is 42.5 Å². The highest BCUT2D eigenvalue weighted by atomic mass is 35.5. The van der Waals surface area contributed by atoms with E-state index >= 15 is 0 Å². The molecule has 184 valence electrons. The van der Waals surface area contributed by atoms with E-state index < -0.39 is 53.4 Å². The molecular formula is C24H13ClF5N3O3. The van der Waals surface area contributed by atoms with E-state index in [1.807, 2.05) is 0 Å². The molecule has 1 aliphatic heterocycles. The Labute approximate surface area is 205 Å². The first-order valence-corrected chi connectivity index (χ1v) is 10.5. The van der Waals surface area contributed by atoms with Crippen LogP contribution in [0, 0.1) is 23.0 Å². The molecule has 2 N–H and O–H groups in total. The van der Waals surface area contributed by atoms with E-state index in [0.717, 1.165) is 12.1 Å². The van der Waals surface area contributed by atoms with Gasteiger partial charge in [0.2, 0.25) is 0 Å². The van der Waals surface area contributed by atoms with Gasteiger partial charge in [0.15, 0.2) is 6.61 Å². The Kier molecular flexibility index (Phi) is 6.56. The van der Waals surface area contributed by atoms with E-state index in [1.54, 1.807) is 6.07 Å². The molecule has 1 heterocycles. The van der Waals surface area contributed by atoms with E-state index in [-0.39, 0.29) is 39.2 Å². The number of hydrogen-bond donors (Lipinski definition) is 2. The topological polar surface area (TPSA) is 91.2 Å². The van der Waals surface area contributed by atoms with Gasteiger partial charge in [0.25, 0.3) is 11.8 Å².